The molecule has 8 nitrogen and oxygen atoms in total. The molecular formula is C15H19BFNO7. The van der Waals surface area contributed by atoms with E-state index in [1.165, 1.54) is 12.1 Å². The average Bonchev–Trinajstić information content (AvgIpc) is 2.79. The van der Waals surface area contributed by atoms with Gasteiger partial charge in [0.15, 0.2) is 18.2 Å². The molecule has 0 bridgehead atoms. The number of alkyl carbamates (subject to hydrolysis) is 1. The van der Waals surface area contributed by atoms with Crippen molar-refractivity contribution < 1.29 is 38.2 Å². The number of benzene rings is 1. The Morgan fingerprint density at radius 2 is 2.08 bits per heavy atom. The highest BCUT2D eigenvalue weighted by Crippen LogP contribution is 2.28. The van der Waals surface area contributed by atoms with E-state index >= 15 is 0 Å². The third-order valence-electron chi connectivity index (χ3n) is 3.25. The van der Waals surface area contributed by atoms with E-state index in [0.29, 0.717) is 5.56 Å². The maximum Gasteiger partial charge on any atom is 0.495 e. The second kappa shape index (κ2) is 7.28. The highest BCUT2D eigenvalue weighted by molar-refractivity contribution is 6.62. The summed E-state index contributed by atoms with van der Waals surface area (Å²) in [4.78, 5) is 22.2. The summed E-state index contributed by atoms with van der Waals surface area (Å²) >= 11 is 0. The van der Waals surface area contributed by atoms with Crippen molar-refractivity contribution in [2.45, 2.75) is 32.5 Å². The number of hydrogen-bond acceptors (Lipinski definition) is 6. The molecule has 1 heterocycles. The standard InChI is InChI=1S/C15H19BFNO7/c1-15(2,3)24-14(21)18-6-10-8-4-5-9(23-7-11(19)20)13(17)12(8)16(22)25-10/h4-5,10,22H,6-7H2,1-3H3,(H,18,21)(H,19,20). The third-order valence-corrected chi connectivity index (χ3v) is 3.25. The van der Waals surface area contributed by atoms with Crippen molar-refractivity contribution in [3.63, 3.8) is 0 Å². The van der Waals surface area contributed by atoms with Crippen LogP contribution in [0, 0.1) is 5.82 Å². The van der Waals surface area contributed by atoms with Crippen LogP contribution in [0.15, 0.2) is 12.1 Å². The first-order chi connectivity index (χ1) is 11.6. The summed E-state index contributed by atoms with van der Waals surface area (Å²) < 4.78 is 29.6. The molecule has 0 fully saturated rings. The molecule has 1 amide bonds. The van der Waals surface area contributed by atoms with Gasteiger partial charge in [0.1, 0.15) is 5.60 Å². The second-order valence-electron chi connectivity index (χ2n) is 6.42. The number of aliphatic carboxylic acids is 1. The van der Waals surface area contributed by atoms with E-state index in [0.717, 1.165) is 0 Å². The molecule has 1 aromatic rings. The van der Waals surface area contributed by atoms with Crippen LogP contribution in [0.4, 0.5) is 9.18 Å². The van der Waals surface area contributed by atoms with Gasteiger partial charge in [-0.3, -0.25) is 0 Å². The number of carbonyl (C=O) groups is 2. The van der Waals surface area contributed by atoms with Gasteiger partial charge in [-0.15, -0.1) is 0 Å². The first kappa shape index (κ1) is 19.0. The van der Waals surface area contributed by atoms with E-state index < -0.39 is 43.3 Å². The van der Waals surface area contributed by atoms with Gasteiger partial charge in [0.05, 0.1) is 6.10 Å². The smallest absolute Gasteiger partial charge is 0.479 e. The van der Waals surface area contributed by atoms with Crippen LogP contribution < -0.4 is 15.5 Å². The third kappa shape index (κ3) is 4.83. The molecule has 2 rings (SSSR count). The van der Waals surface area contributed by atoms with Gasteiger partial charge >= 0.3 is 19.2 Å². The Balaban J connectivity index is 2.09. The predicted octanol–water partition coefficient (Wildman–Crippen LogP) is 0.573. The molecular weight excluding hydrogens is 336 g/mol. The molecule has 0 saturated heterocycles. The van der Waals surface area contributed by atoms with Crippen LogP contribution >= 0.6 is 0 Å². The van der Waals surface area contributed by atoms with Crippen molar-refractivity contribution in [1.82, 2.24) is 5.32 Å². The SMILES string of the molecule is CC(C)(C)OC(=O)NCC1OB(O)c2c1ccc(OCC(=O)O)c2F. The van der Waals surface area contributed by atoms with Crippen molar-refractivity contribution in [1.29, 1.82) is 0 Å². The zero-order valence-corrected chi connectivity index (χ0v) is 14.0. The molecule has 1 aliphatic rings. The van der Waals surface area contributed by atoms with Crippen LogP contribution in [0.2, 0.25) is 0 Å². The lowest BCUT2D eigenvalue weighted by molar-refractivity contribution is -0.139. The van der Waals surface area contributed by atoms with E-state index in [1.807, 2.05) is 0 Å². The molecule has 0 aliphatic carbocycles. The minimum absolute atomic E-state index is 0.0340. The lowest BCUT2D eigenvalue weighted by atomic mass is 9.78. The van der Waals surface area contributed by atoms with Crippen molar-refractivity contribution in [3.8, 4) is 5.75 Å². The number of amides is 1. The molecule has 10 heteroatoms. The Labute approximate surface area is 144 Å². The zero-order chi connectivity index (χ0) is 18.8. The van der Waals surface area contributed by atoms with Crippen LogP contribution in [0.1, 0.15) is 32.4 Å². The zero-order valence-electron chi connectivity index (χ0n) is 14.0. The summed E-state index contributed by atoms with van der Waals surface area (Å²) in [6, 6.07) is 2.70. The number of halogens is 1. The number of carbonyl (C=O) groups excluding carboxylic acids is 1. The molecule has 0 aromatic heterocycles. The molecule has 0 saturated carbocycles. The Morgan fingerprint density at radius 3 is 2.68 bits per heavy atom. The molecule has 1 aromatic carbocycles. The molecule has 0 spiro atoms. The highest BCUT2D eigenvalue weighted by Gasteiger charge is 2.39. The highest BCUT2D eigenvalue weighted by atomic mass is 19.1. The summed E-state index contributed by atoms with van der Waals surface area (Å²) in [5.74, 6) is -2.45. The van der Waals surface area contributed by atoms with Crippen LogP contribution in [-0.2, 0) is 14.2 Å². The van der Waals surface area contributed by atoms with Gasteiger partial charge in [0, 0.05) is 12.0 Å². The number of rotatable bonds is 5. The van der Waals surface area contributed by atoms with Crippen LogP contribution in [-0.4, -0.2) is 48.1 Å². The quantitative estimate of drug-likeness (QED) is 0.662. The average molecular weight is 355 g/mol. The summed E-state index contributed by atoms with van der Waals surface area (Å²) in [5, 5.41) is 21.0. The molecule has 0 radical (unpaired) electrons. The summed E-state index contributed by atoms with van der Waals surface area (Å²) in [5.41, 5.74) is -0.469. The normalized spacial score (nSPS) is 16.4. The fourth-order valence-corrected chi connectivity index (χ4v) is 2.32. The largest absolute Gasteiger partial charge is 0.495 e. The Bertz CT molecular complexity index is 677. The minimum atomic E-state index is -1.55. The van der Waals surface area contributed by atoms with Crippen molar-refractivity contribution >= 4 is 24.6 Å². The molecule has 1 aliphatic heterocycles. The maximum absolute atomic E-state index is 14.4. The molecule has 1 atom stereocenters. The molecule has 1 unspecified atom stereocenters. The molecule has 3 N–H and O–H groups in total. The number of ether oxygens (including phenoxy) is 2. The molecule has 136 valence electrons. The lowest BCUT2D eigenvalue weighted by Crippen LogP contribution is -2.35. The van der Waals surface area contributed by atoms with Gasteiger partial charge < -0.3 is 29.6 Å². The summed E-state index contributed by atoms with van der Waals surface area (Å²) in [6.07, 6.45) is -1.44. The van der Waals surface area contributed by atoms with Gasteiger partial charge in [0.25, 0.3) is 0 Å². The van der Waals surface area contributed by atoms with Gasteiger partial charge in [0.2, 0.25) is 0 Å². The van der Waals surface area contributed by atoms with E-state index in [-0.39, 0.29) is 17.8 Å². The maximum atomic E-state index is 14.4. The fourth-order valence-electron chi connectivity index (χ4n) is 2.32. The number of fused-ring (bicyclic) bond motifs is 1. The Kier molecular flexibility index (Phi) is 5.53. The van der Waals surface area contributed by atoms with Gasteiger partial charge in [-0.1, -0.05) is 6.07 Å². The lowest BCUT2D eigenvalue weighted by Gasteiger charge is -2.21. The van der Waals surface area contributed by atoms with E-state index in [1.54, 1.807) is 20.8 Å². The van der Waals surface area contributed by atoms with Gasteiger partial charge in [-0.2, -0.15) is 0 Å². The number of hydrogen-bond donors (Lipinski definition) is 3. The first-order valence-electron chi connectivity index (χ1n) is 7.55. The Hall–Kier alpha value is -2.33. The number of carboxylic acids is 1. The number of carboxylic acid groups (broad SMARTS) is 1. The Morgan fingerprint density at radius 1 is 1.40 bits per heavy atom. The first-order valence-corrected chi connectivity index (χ1v) is 7.55. The predicted molar refractivity (Wildman–Crippen MR) is 85.2 cm³/mol. The summed E-state index contributed by atoms with van der Waals surface area (Å²) in [7, 11) is -1.55. The van der Waals surface area contributed by atoms with Gasteiger partial charge in [-0.25, -0.2) is 14.0 Å². The van der Waals surface area contributed by atoms with E-state index in [9.17, 15) is 19.0 Å². The number of nitrogens with one attached hydrogen (secondary N) is 1. The van der Waals surface area contributed by atoms with Crippen LogP contribution in [0.5, 0.6) is 5.75 Å². The van der Waals surface area contributed by atoms with Gasteiger partial charge in [-0.05, 0) is 32.4 Å². The second-order valence-corrected chi connectivity index (χ2v) is 6.42. The van der Waals surface area contributed by atoms with Crippen LogP contribution in [0.25, 0.3) is 0 Å². The van der Waals surface area contributed by atoms with E-state index in [4.69, 9.17) is 19.2 Å². The van der Waals surface area contributed by atoms with Crippen molar-refractivity contribution in [2.24, 2.45) is 0 Å². The van der Waals surface area contributed by atoms with Crippen molar-refractivity contribution in [2.75, 3.05) is 13.2 Å². The van der Waals surface area contributed by atoms with E-state index in [2.05, 4.69) is 5.32 Å². The summed E-state index contributed by atoms with van der Waals surface area (Å²) in [6.45, 7) is 4.40. The monoisotopic (exact) mass is 355 g/mol. The topological polar surface area (TPSA) is 114 Å². The molecule has 25 heavy (non-hydrogen) atoms. The van der Waals surface area contributed by atoms with Crippen molar-refractivity contribution in [3.05, 3.63) is 23.5 Å². The fraction of sp³-hybridized carbons (Fsp3) is 0.467. The minimum Gasteiger partial charge on any atom is -0.479 e. The van der Waals surface area contributed by atoms with Crippen LogP contribution in [0.3, 0.4) is 0 Å².